The molecule has 4 heteroatoms. The Morgan fingerprint density at radius 1 is 0.958 bits per heavy atom. The summed E-state index contributed by atoms with van der Waals surface area (Å²) in [5.41, 5.74) is 2.51. The minimum atomic E-state index is -0.483. The molecule has 0 spiro atoms. The van der Waals surface area contributed by atoms with Crippen molar-refractivity contribution in [1.82, 2.24) is 4.98 Å². The molecule has 0 aliphatic carbocycles. The molecule has 4 nitrogen and oxygen atoms in total. The Bertz CT molecular complexity index is 831. The number of pyridine rings is 1. The molecule has 0 bridgehead atoms. The van der Waals surface area contributed by atoms with Crippen molar-refractivity contribution >= 4 is 5.97 Å². The number of aromatic nitrogens is 1. The summed E-state index contributed by atoms with van der Waals surface area (Å²) in [5.74, 6) is 0.615. The molecule has 0 unspecified atom stereocenters. The van der Waals surface area contributed by atoms with Gasteiger partial charge in [-0.15, -0.1) is 0 Å². The molecule has 4 rings (SSSR count). The molecule has 0 atom stereocenters. The normalized spacial score (nSPS) is 12.7. The number of hydrogen-bond acceptors (Lipinski definition) is 4. The molecule has 0 N–H and O–H groups in total. The van der Waals surface area contributed by atoms with Gasteiger partial charge in [-0.3, -0.25) is 9.78 Å². The van der Waals surface area contributed by atoms with Gasteiger partial charge in [-0.05, 0) is 18.2 Å². The number of fused-ring (bicyclic) bond motifs is 2. The van der Waals surface area contributed by atoms with Gasteiger partial charge in [-0.25, -0.2) is 0 Å². The third-order valence-electron chi connectivity index (χ3n) is 4.02. The van der Waals surface area contributed by atoms with Crippen LogP contribution < -0.4 is 4.74 Å². The van der Waals surface area contributed by atoms with Crippen molar-refractivity contribution < 1.29 is 14.3 Å². The summed E-state index contributed by atoms with van der Waals surface area (Å²) >= 11 is 0. The molecule has 0 saturated carbocycles. The van der Waals surface area contributed by atoms with E-state index in [0.29, 0.717) is 11.5 Å². The summed E-state index contributed by atoms with van der Waals surface area (Å²) in [6, 6.07) is 18.8. The number of hydrogen-bond donors (Lipinski definition) is 0. The molecule has 0 radical (unpaired) electrons. The fourth-order valence-corrected chi connectivity index (χ4v) is 2.89. The number of rotatable bonds is 3. The molecule has 1 aliphatic rings. The van der Waals surface area contributed by atoms with E-state index in [0.717, 1.165) is 16.7 Å². The number of benzene rings is 2. The average molecular weight is 317 g/mol. The molecule has 118 valence electrons. The molecule has 24 heavy (non-hydrogen) atoms. The number of nitrogens with zero attached hydrogens (tertiary/aromatic N) is 1. The Morgan fingerprint density at radius 2 is 1.62 bits per heavy atom. The van der Waals surface area contributed by atoms with Gasteiger partial charge in [0.2, 0.25) is 0 Å². The third kappa shape index (κ3) is 2.63. The van der Waals surface area contributed by atoms with Gasteiger partial charge in [0.05, 0.1) is 0 Å². The average Bonchev–Trinajstić information content (AvgIpc) is 2.65. The van der Waals surface area contributed by atoms with Crippen molar-refractivity contribution in [2.24, 2.45) is 0 Å². The topological polar surface area (TPSA) is 48.4 Å². The molecular formula is C20H15NO3. The lowest BCUT2D eigenvalue weighted by Crippen LogP contribution is -2.21. The Hall–Kier alpha value is -3.14. The van der Waals surface area contributed by atoms with Crippen LogP contribution in [0.5, 0.6) is 11.5 Å². The zero-order chi connectivity index (χ0) is 16.4. The van der Waals surface area contributed by atoms with Gasteiger partial charge in [0.25, 0.3) is 0 Å². The molecule has 2 heterocycles. The van der Waals surface area contributed by atoms with E-state index >= 15 is 0 Å². The predicted molar refractivity (Wildman–Crippen MR) is 88.8 cm³/mol. The smallest absolute Gasteiger partial charge is 0.318 e. The second-order valence-corrected chi connectivity index (χ2v) is 5.58. The lowest BCUT2D eigenvalue weighted by atomic mass is 9.88. The van der Waals surface area contributed by atoms with Gasteiger partial charge in [0.1, 0.15) is 24.0 Å². The highest BCUT2D eigenvalue weighted by molar-refractivity contribution is 5.85. The van der Waals surface area contributed by atoms with Crippen LogP contribution in [-0.2, 0) is 16.1 Å². The first kappa shape index (κ1) is 14.5. The van der Waals surface area contributed by atoms with Gasteiger partial charge < -0.3 is 9.47 Å². The summed E-state index contributed by atoms with van der Waals surface area (Å²) < 4.78 is 11.4. The van der Waals surface area contributed by atoms with Crippen molar-refractivity contribution in [3.8, 4) is 11.5 Å². The first-order valence-electron chi connectivity index (χ1n) is 7.74. The number of carbonyl (C=O) groups excluding carboxylic acids is 1. The van der Waals surface area contributed by atoms with Crippen LogP contribution in [0.4, 0.5) is 0 Å². The predicted octanol–water partition coefficient (Wildman–Crippen LogP) is 4.06. The van der Waals surface area contributed by atoms with Crippen molar-refractivity contribution in [2.45, 2.75) is 12.5 Å². The summed E-state index contributed by atoms with van der Waals surface area (Å²) in [6.07, 6.45) is 3.38. The lowest BCUT2D eigenvalue weighted by Gasteiger charge is -2.26. The van der Waals surface area contributed by atoms with E-state index in [4.69, 9.17) is 9.47 Å². The van der Waals surface area contributed by atoms with Crippen LogP contribution >= 0.6 is 0 Å². The maximum Gasteiger partial charge on any atom is 0.318 e. The lowest BCUT2D eigenvalue weighted by molar-refractivity contribution is -0.145. The minimum Gasteiger partial charge on any atom is -0.460 e. The van der Waals surface area contributed by atoms with E-state index in [1.54, 1.807) is 12.4 Å². The molecule has 0 fully saturated rings. The summed E-state index contributed by atoms with van der Waals surface area (Å²) in [4.78, 5) is 16.8. The SMILES string of the molecule is O=C(OCc1cccnc1)C1c2ccccc2Oc2ccccc21. The fraction of sp³-hybridized carbons (Fsp3) is 0.100. The highest BCUT2D eigenvalue weighted by atomic mass is 16.5. The van der Waals surface area contributed by atoms with Crippen molar-refractivity contribution in [2.75, 3.05) is 0 Å². The van der Waals surface area contributed by atoms with Gasteiger partial charge in [-0.2, -0.15) is 0 Å². The molecule has 0 saturated heterocycles. The highest BCUT2D eigenvalue weighted by Crippen LogP contribution is 2.44. The molecular weight excluding hydrogens is 302 g/mol. The third-order valence-corrected chi connectivity index (χ3v) is 4.02. The van der Waals surface area contributed by atoms with Crippen LogP contribution in [0.3, 0.4) is 0 Å². The van der Waals surface area contributed by atoms with Crippen molar-refractivity contribution in [3.63, 3.8) is 0 Å². The van der Waals surface area contributed by atoms with Crippen LogP contribution in [0.25, 0.3) is 0 Å². The number of esters is 1. The van der Waals surface area contributed by atoms with Crippen molar-refractivity contribution in [1.29, 1.82) is 0 Å². The first-order valence-corrected chi connectivity index (χ1v) is 7.74. The van der Waals surface area contributed by atoms with Crippen LogP contribution in [0, 0.1) is 0 Å². The highest BCUT2D eigenvalue weighted by Gasteiger charge is 2.33. The molecule has 1 aromatic heterocycles. The summed E-state index contributed by atoms with van der Waals surface area (Å²) in [6.45, 7) is 0.203. The standard InChI is InChI=1S/C20H15NO3/c22-20(23-13-14-6-5-11-21-12-14)19-15-7-1-3-9-17(15)24-18-10-4-2-8-16(18)19/h1-12,19H,13H2. The van der Waals surface area contributed by atoms with Crippen LogP contribution in [-0.4, -0.2) is 11.0 Å². The van der Waals surface area contributed by atoms with Crippen molar-refractivity contribution in [3.05, 3.63) is 89.7 Å². The van der Waals surface area contributed by atoms with Crippen LogP contribution in [0.15, 0.2) is 73.1 Å². The monoisotopic (exact) mass is 317 g/mol. The number of ether oxygens (including phenoxy) is 2. The zero-order valence-electron chi connectivity index (χ0n) is 12.9. The van der Waals surface area contributed by atoms with E-state index in [2.05, 4.69) is 4.98 Å². The quantitative estimate of drug-likeness (QED) is 0.683. The van der Waals surface area contributed by atoms with E-state index in [9.17, 15) is 4.79 Å². The Labute approximate surface area is 139 Å². The van der Waals surface area contributed by atoms with Gasteiger partial charge >= 0.3 is 5.97 Å². The Morgan fingerprint density at radius 3 is 2.25 bits per heavy atom. The second-order valence-electron chi connectivity index (χ2n) is 5.58. The maximum atomic E-state index is 12.8. The van der Waals surface area contributed by atoms with Crippen LogP contribution in [0.1, 0.15) is 22.6 Å². The Balaban J connectivity index is 1.65. The van der Waals surface area contributed by atoms with Gasteiger partial charge in [-0.1, -0.05) is 42.5 Å². The van der Waals surface area contributed by atoms with Crippen LogP contribution in [0.2, 0.25) is 0 Å². The zero-order valence-corrected chi connectivity index (χ0v) is 12.9. The van der Waals surface area contributed by atoms with E-state index < -0.39 is 5.92 Å². The molecule has 1 aliphatic heterocycles. The minimum absolute atomic E-state index is 0.203. The molecule has 2 aromatic carbocycles. The Kier molecular flexibility index (Phi) is 3.71. The molecule has 3 aromatic rings. The summed E-state index contributed by atoms with van der Waals surface area (Å²) in [7, 11) is 0. The van der Waals surface area contributed by atoms with E-state index in [-0.39, 0.29) is 12.6 Å². The first-order chi connectivity index (χ1) is 11.8. The van der Waals surface area contributed by atoms with E-state index in [1.807, 2.05) is 60.7 Å². The second kappa shape index (κ2) is 6.16. The van der Waals surface area contributed by atoms with Gasteiger partial charge in [0, 0.05) is 29.1 Å². The van der Waals surface area contributed by atoms with E-state index in [1.165, 1.54) is 0 Å². The largest absolute Gasteiger partial charge is 0.460 e. The molecule has 0 amide bonds. The number of para-hydroxylation sites is 2. The summed E-state index contributed by atoms with van der Waals surface area (Å²) in [5, 5.41) is 0. The fourth-order valence-electron chi connectivity index (χ4n) is 2.89. The maximum absolute atomic E-state index is 12.8. The number of carbonyl (C=O) groups is 1. The van der Waals surface area contributed by atoms with Gasteiger partial charge in [0.15, 0.2) is 0 Å².